The van der Waals surface area contributed by atoms with E-state index in [-0.39, 0.29) is 17.3 Å². The summed E-state index contributed by atoms with van der Waals surface area (Å²) in [5.74, 6) is 0.801. The van der Waals surface area contributed by atoms with Crippen LogP contribution >= 0.6 is 0 Å². The maximum absolute atomic E-state index is 13.5. The molecule has 0 aliphatic heterocycles. The van der Waals surface area contributed by atoms with Crippen molar-refractivity contribution in [3.63, 3.8) is 0 Å². The van der Waals surface area contributed by atoms with Gasteiger partial charge in [0.1, 0.15) is 17.3 Å². The number of hydrogen-bond acceptors (Lipinski definition) is 6. The number of benzene rings is 3. The molecule has 4 aromatic rings. The highest BCUT2D eigenvalue weighted by atomic mass is 19.1. The highest BCUT2D eigenvalue weighted by Crippen LogP contribution is 2.30. The Bertz CT molecular complexity index is 1400. The van der Waals surface area contributed by atoms with E-state index < -0.39 is 11.4 Å². The Labute approximate surface area is 207 Å². The van der Waals surface area contributed by atoms with Crippen molar-refractivity contribution in [3.05, 3.63) is 101 Å². The van der Waals surface area contributed by atoms with Gasteiger partial charge in [-0.05, 0) is 79.7 Å². The maximum atomic E-state index is 13.5. The number of halogens is 1. The number of rotatable bonds is 8. The standard InChI is InChI=1S/C27H25FN4O4/c1-4-31(2)26(33)18-5-9-20(10-6-18)30-25-24(36-23-15-13-22(35-3)14-16-23)17-29-32(27(25)34)21-11-7-19(28)8-12-21/h5-17,30H,4H2,1-3H3. The third-order valence-corrected chi connectivity index (χ3v) is 5.52. The molecule has 0 aliphatic rings. The number of amides is 1. The second-order valence-corrected chi connectivity index (χ2v) is 7.88. The van der Waals surface area contributed by atoms with Gasteiger partial charge in [-0.2, -0.15) is 9.78 Å². The SMILES string of the molecule is CCN(C)C(=O)c1ccc(Nc2c(Oc3ccc(OC)cc3)cnn(-c3ccc(F)cc3)c2=O)cc1. The molecule has 0 fully saturated rings. The van der Waals surface area contributed by atoms with Crippen LogP contribution in [0.15, 0.2) is 83.8 Å². The first-order chi connectivity index (χ1) is 17.4. The van der Waals surface area contributed by atoms with Crippen molar-refractivity contribution in [2.45, 2.75) is 6.92 Å². The molecule has 0 spiro atoms. The van der Waals surface area contributed by atoms with E-state index in [1.165, 1.54) is 30.5 Å². The summed E-state index contributed by atoms with van der Waals surface area (Å²) >= 11 is 0. The van der Waals surface area contributed by atoms with Crippen molar-refractivity contribution in [2.75, 3.05) is 26.0 Å². The molecule has 0 unspecified atom stereocenters. The third kappa shape index (κ3) is 5.35. The predicted molar refractivity (Wildman–Crippen MR) is 135 cm³/mol. The first-order valence-corrected chi connectivity index (χ1v) is 11.2. The summed E-state index contributed by atoms with van der Waals surface area (Å²) in [6.07, 6.45) is 1.41. The van der Waals surface area contributed by atoms with E-state index in [0.29, 0.717) is 35.0 Å². The van der Waals surface area contributed by atoms with E-state index in [9.17, 15) is 14.0 Å². The van der Waals surface area contributed by atoms with Crippen molar-refractivity contribution in [3.8, 4) is 22.9 Å². The van der Waals surface area contributed by atoms with E-state index in [0.717, 1.165) is 4.68 Å². The number of anilines is 2. The topological polar surface area (TPSA) is 85.7 Å². The Morgan fingerprint density at radius 1 is 1.00 bits per heavy atom. The zero-order chi connectivity index (χ0) is 25.7. The predicted octanol–water partition coefficient (Wildman–Crippen LogP) is 5.01. The molecule has 0 radical (unpaired) electrons. The van der Waals surface area contributed by atoms with Crippen LogP contribution in [-0.2, 0) is 0 Å². The molecule has 4 rings (SSSR count). The molecule has 3 aromatic carbocycles. The highest BCUT2D eigenvalue weighted by Gasteiger charge is 2.16. The molecule has 0 saturated carbocycles. The van der Waals surface area contributed by atoms with Crippen molar-refractivity contribution in [1.82, 2.24) is 14.7 Å². The fourth-order valence-electron chi connectivity index (χ4n) is 3.37. The van der Waals surface area contributed by atoms with Crippen LogP contribution in [0.5, 0.6) is 17.2 Å². The lowest BCUT2D eigenvalue weighted by Crippen LogP contribution is -2.26. The minimum atomic E-state index is -0.501. The van der Waals surface area contributed by atoms with Gasteiger partial charge in [0, 0.05) is 24.8 Å². The average Bonchev–Trinajstić information content (AvgIpc) is 2.91. The summed E-state index contributed by atoms with van der Waals surface area (Å²) in [6.45, 7) is 2.48. The van der Waals surface area contributed by atoms with Gasteiger partial charge in [0.25, 0.3) is 11.5 Å². The van der Waals surface area contributed by atoms with Crippen molar-refractivity contribution < 1.29 is 18.7 Å². The Morgan fingerprint density at radius 3 is 2.25 bits per heavy atom. The largest absolute Gasteiger partial charge is 0.497 e. The summed E-state index contributed by atoms with van der Waals surface area (Å²) in [5.41, 5.74) is 1.11. The van der Waals surface area contributed by atoms with E-state index in [1.807, 2.05) is 6.92 Å². The molecule has 8 nitrogen and oxygen atoms in total. The van der Waals surface area contributed by atoms with Crippen LogP contribution in [0.25, 0.3) is 5.69 Å². The first-order valence-electron chi connectivity index (χ1n) is 11.2. The molecule has 36 heavy (non-hydrogen) atoms. The van der Waals surface area contributed by atoms with E-state index in [1.54, 1.807) is 67.6 Å². The molecule has 1 N–H and O–H groups in total. The minimum absolute atomic E-state index is 0.102. The van der Waals surface area contributed by atoms with Gasteiger partial charge in [0.05, 0.1) is 19.0 Å². The Hall–Kier alpha value is -4.66. The average molecular weight is 489 g/mol. The van der Waals surface area contributed by atoms with Crippen LogP contribution in [0.1, 0.15) is 17.3 Å². The van der Waals surface area contributed by atoms with Gasteiger partial charge in [0.2, 0.25) is 0 Å². The summed E-state index contributed by atoms with van der Waals surface area (Å²) in [6, 6.07) is 19.1. The van der Waals surface area contributed by atoms with Crippen LogP contribution in [-0.4, -0.2) is 41.3 Å². The fourth-order valence-corrected chi connectivity index (χ4v) is 3.37. The molecule has 0 aliphatic carbocycles. The first kappa shape index (κ1) is 24.5. The number of nitrogens with one attached hydrogen (secondary N) is 1. The quantitative estimate of drug-likeness (QED) is 0.375. The highest BCUT2D eigenvalue weighted by molar-refractivity contribution is 5.94. The van der Waals surface area contributed by atoms with Gasteiger partial charge in [-0.1, -0.05) is 0 Å². The molecule has 1 heterocycles. The number of carbonyl (C=O) groups is 1. The molecule has 0 bridgehead atoms. The van der Waals surface area contributed by atoms with Gasteiger partial charge in [-0.15, -0.1) is 0 Å². The normalized spacial score (nSPS) is 10.6. The Morgan fingerprint density at radius 2 is 1.64 bits per heavy atom. The van der Waals surface area contributed by atoms with Crippen molar-refractivity contribution >= 4 is 17.3 Å². The number of carbonyl (C=O) groups excluding carboxylic acids is 1. The number of nitrogens with zero attached hydrogens (tertiary/aromatic N) is 3. The summed E-state index contributed by atoms with van der Waals surface area (Å²) < 4.78 is 25.7. The van der Waals surface area contributed by atoms with Crippen molar-refractivity contribution in [2.24, 2.45) is 0 Å². The summed E-state index contributed by atoms with van der Waals surface area (Å²) in [7, 11) is 3.29. The third-order valence-electron chi connectivity index (χ3n) is 5.52. The minimum Gasteiger partial charge on any atom is -0.497 e. The van der Waals surface area contributed by atoms with Gasteiger partial charge >= 0.3 is 0 Å². The maximum Gasteiger partial charge on any atom is 0.299 e. The number of methoxy groups -OCH3 is 1. The zero-order valence-corrected chi connectivity index (χ0v) is 20.1. The van der Waals surface area contributed by atoms with E-state index in [2.05, 4.69) is 10.4 Å². The molecule has 0 saturated heterocycles. The Kier molecular flexibility index (Phi) is 7.29. The van der Waals surface area contributed by atoms with Gasteiger partial charge in [-0.25, -0.2) is 4.39 Å². The van der Waals surface area contributed by atoms with Gasteiger partial charge in [-0.3, -0.25) is 9.59 Å². The molecule has 0 atom stereocenters. The smallest absolute Gasteiger partial charge is 0.299 e. The zero-order valence-electron chi connectivity index (χ0n) is 20.1. The fraction of sp³-hybridized carbons (Fsp3) is 0.148. The van der Waals surface area contributed by atoms with E-state index in [4.69, 9.17) is 9.47 Å². The van der Waals surface area contributed by atoms with Crippen LogP contribution in [0.2, 0.25) is 0 Å². The second kappa shape index (κ2) is 10.7. The van der Waals surface area contributed by atoms with Crippen LogP contribution < -0.4 is 20.3 Å². The number of aromatic nitrogens is 2. The van der Waals surface area contributed by atoms with Gasteiger partial charge in [0.15, 0.2) is 11.4 Å². The summed E-state index contributed by atoms with van der Waals surface area (Å²) in [4.78, 5) is 27.5. The lowest BCUT2D eigenvalue weighted by Gasteiger charge is -2.16. The van der Waals surface area contributed by atoms with Gasteiger partial charge < -0.3 is 19.7 Å². The second-order valence-electron chi connectivity index (χ2n) is 7.88. The molecule has 1 amide bonds. The van der Waals surface area contributed by atoms with Crippen molar-refractivity contribution in [1.29, 1.82) is 0 Å². The summed E-state index contributed by atoms with van der Waals surface area (Å²) in [5, 5.41) is 7.31. The number of ether oxygens (including phenoxy) is 2. The molecule has 9 heteroatoms. The van der Waals surface area contributed by atoms with Crippen LogP contribution in [0.4, 0.5) is 15.8 Å². The lowest BCUT2D eigenvalue weighted by molar-refractivity contribution is 0.0802. The Balaban J connectivity index is 1.71. The van der Waals surface area contributed by atoms with Crippen LogP contribution in [0.3, 0.4) is 0 Å². The lowest BCUT2D eigenvalue weighted by atomic mass is 10.2. The molecular formula is C27H25FN4O4. The van der Waals surface area contributed by atoms with Crippen LogP contribution in [0, 0.1) is 5.82 Å². The molecular weight excluding hydrogens is 463 g/mol. The van der Waals surface area contributed by atoms with E-state index >= 15 is 0 Å². The monoisotopic (exact) mass is 488 g/mol. The molecule has 1 aromatic heterocycles. The molecule has 184 valence electrons. The number of hydrogen-bond donors (Lipinski definition) is 1.